The van der Waals surface area contributed by atoms with E-state index in [1.807, 2.05) is 0 Å². The minimum atomic E-state index is 0.824. The Hall–Kier alpha value is 0.480. The summed E-state index contributed by atoms with van der Waals surface area (Å²) in [5.41, 5.74) is 0. The summed E-state index contributed by atoms with van der Waals surface area (Å²) < 4.78 is 0. The van der Waals surface area contributed by atoms with Crippen molar-refractivity contribution in [1.29, 1.82) is 0 Å². The molecule has 1 aliphatic rings. The number of hydrogen-bond acceptors (Lipinski definition) is 0. The molecule has 1 saturated carbocycles. The molecule has 1 aliphatic carbocycles. The van der Waals surface area contributed by atoms with E-state index in [1.54, 1.807) is 0 Å². The average molecular weight is 317 g/mol. The highest BCUT2D eigenvalue weighted by Crippen LogP contribution is 2.32. The number of rotatable bonds is 9. The van der Waals surface area contributed by atoms with Gasteiger partial charge >= 0.3 is 0 Å². The van der Waals surface area contributed by atoms with Gasteiger partial charge in [-0.1, -0.05) is 93.5 Å². The molecule has 2 atom stereocenters. The Morgan fingerprint density at radius 1 is 0.778 bits per heavy atom. The highest BCUT2D eigenvalue weighted by Gasteiger charge is 2.20. The Kier molecular flexibility index (Phi) is 10.4. The summed E-state index contributed by atoms with van der Waals surface area (Å²) in [6.07, 6.45) is 20.4. The van der Waals surface area contributed by atoms with Crippen LogP contribution in [0, 0.1) is 5.92 Å². The van der Waals surface area contributed by atoms with Crippen LogP contribution < -0.4 is 0 Å². The summed E-state index contributed by atoms with van der Waals surface area (Å²) >= 11 is 3.92. The second kappa shape index (κ2) is 11.3. The van der Waals surface area contributed by atoms with E-state index in [1.165, 1.54) is 89.9 Å². The van der Waals surface area contributed by atoms with Crippen LogP contribution in [0.5, 0.6) is 0 Å². The summed E-state index contributed by atoms with van der Waals surface area (Å²) in [4.78, 5) is 0.824. The minimum Gasteiger partial charge on any atom is -0.0888 e. The zero-order chi connectivity index (χ0) is 13.1. The van der Waals surface area contributed by atoms with Crippen molar-refractivity contribution in [3.05, 3.63) is 0 Å². The van der Waals surface area contributed by atoms with Gasteiger partial charge in [0.15, 0.2) is 0 Å². The first kappa shape index (κ1) is 16.5. The topological polar surface area (TPSA) is 0 Å². The lowest BCUT2D eigenvalue weighted by atomic mass is 9.93. The molecule has 108 valence electrons. The van der Waals surface area contributed by atoms with Crippen LogP contribution in [0.1, 0.15) is 96.8 Å². The molecule has 18 heavy (non-hydrogen) atoms. The molecule has 2 unspecified atom stereocenters. The van der Waals surface area contributed by atoms with Gasteiger partial charge < -0.3 is 0 Å². The molecule has 1 rings (SSSR count). The monoisotopic (exact) mass is 316 g/mol. The van der Waals surface area contributed by atoms with Crippen molar-refractivity contribution in [2.24, 2.45) is 5.92 Å². The van der Waals surface area contributed by atoms with Crippen LogP contribution in [-0.4, -0.2) is 4.83 Å². The van der Waals surface area contributed by atoms with Crippen molar-refractivity contribution in [3.8, 4) is 0 Å². The molecular weight excluding hydrogens is 284 g/mol. The fourth-order valence-electron chi connectivity index (χ4n) is 3.20. The molecule has 0 amide bonds. The first-order valence-corrected chi connectivity index (χ1v) is 9.40. The smallest absolute Gasteiger partial charge is 0.0174 e. The Balaban J connectivity index is 1.93. The Bertz CT molecular complexity index is 178. The standard InChI is InChI=1S/C17H33Br/c1-2-3-4-5-6-7-8-10-13-16-14-11-9-12-15-17(16)18/h16-17H,2-15H2,1H3. The van der Waals surface area contributed by atoms with E-state index in [9.17, 15) is 0 Å². The average Bonchev–Trinajstić information content (AvgIpc) is 2.58. The second-order valence-corrected chi connectivity index (χ2v) is 7.35. The number of alkyl halides is 1. The van der Waals surface area contributed by atoms with Crippen LogP contribution in [0.25, 0.3) is 0 Å². The first-order chi connectivity index (χ1) is 8.84. The van der Waals surface area contributed by atoms with Gasteiger partial charge in [-0.25, -0.2) is 0 Å². The molecule has 0 heterocycles. The van der Waals surface area contributed by atoms with Gasteiger partial charge in [-0.05, 0) is 25.2 Å². The quantitative estimate of drug-likeness (QED) is 0.247. The van der Waals surface area contributed by atoms with E-state index < -0.39 is 0 Å². The maximum Gasteiger partial charge on any atom is 0.0174 e. The lowest BCUT2D eigenvalue weighted by molar-refractivity contribution is 0.417. The highest BCUT2D eigenvalue weighted by molar-refractivity contribution is 9.09. The van der Waals surface area contributed by atoms with E-state index in [0.717, 1.165) is 10.7 Å². The van der Waals surface area contributed by atoms with Gasteiger partial charge in [-0.2, -0.15) is 0 Å². The third-order valence-corrected chi connectivity index (χ3v) is 5.70. The Morgan fingerprint density at radius 3 is 2.11 bits per heavy atom. The zero-order valence-electron chi connectivity index (χ0n) is 12.4. The molecule has 0 aromatic rings. The molecule has 0 N–H and O–H groups in total. The summed E-state index contributed by atoms with van der Waals surface area (Å²) in [6, 6.07) is 0. The van der Waals surface area contributed by atoms with Crippen molar-refractivity contribution >= 4 is 15.9 Å². The summed E-state index contributed by atoms with van der Waals surface area (Å²) in [7, 11) is 0. The number of halogens is 1. The molecule has 1 fully saturated rings. The molecule has 0 aromatic carbocycles. The summed E-state index contributed by atoms with van der Waals surface area (Å²) in [5, 5.41) is 0. The van der Waals surface area contributed by atoms with E-state index >= 15 is 0 Å². The largest absolute Gasteiger partial charge is 0.0888 e. The van der Waals surface area contributed by atoms with E-state index in [-0.39, 0.29) is 0 Å². The van der Waals surface area contributed by atoms with E-state index in [2.05, 4.69) is 22.9 Å². The molecular formula is C17H33Br. The van der Waals surface area contributed by atoms with Gasteiger partial charge in [-0.15, -0.1) is 0 Å². The SMILES string of the molecule is CCCCCCCCCCC1CCCCCC1Br. The number of hydrogen-bond donors (Lipinski definition) is 0. The maximum absolute atomic E-state index is 3.92. The minimum absolute atomic E-state index is 0.824. The van der Waals surface area contributed by atoms with E-state index in [4.69, 9.17) is 0 Å². The lowest BCUT2D eigenvalue weighted by Gasteiger charge is -2.19. The predicted molar refractivity (Wildman–Crippen MR) is 86.5 cm³/mol. The Morgan fingerprint density at radius 2 is 1.39 bits per heavy atom. The Labute approximate surface area is 123 Å². The molecule has 0 aromatic heterocycles. The molecule has 0 spiro atoms. The van der Waals surface area contributed by atoms with Crippen molar-refractivity contribution in [1.82, 2.24) is 0 Å². The van der Waals surface area contributed by atoms with Gasteiger partial charge in [0.05, 0.1) is 0 Å². The number of unbranched alkanes of at least 4 members (excludes halogenated alkanes) is 7. The molecule has 0 saturated heterocycles. The van der Waals surface area contributed by atoms with Gasteiger partial charge in [-0.3, -0.25) is 0 Å². The fourth-order valence-corrected chi connectivity index (χ4v) is 4.06. The van der Waals surface area contributed by atoms with Crippen molar-refractivity contribution in [2.45, 2.75) is 102 Å². The molecule has 0 radical (unpaired) electrons. The highest BCUT2D eigenvalue weighted by atomic mass is 79.9. The van der Waals surface area contributed by atoms with Crippen molar-refractivity contribution < 1.29 is 0 Å². The van der Waals surface area contributed by atoms with Gasteiger partial charge in [0, 0.05) is 4.83 Å². The van der Waals surface area contributed by atoms with Crippen LogP contribution in [-0.2, 0) is 0 Å². The molecule has 1 heteroatoms. The predicted octanol–water partition coefficient (Wildman–Crippen LogP) is 6.86. The van der Waals surface area contributed by atoms with Crippen LogP contribution in [0.3, 0.4) is 0 Å². The molecule has 0 bridgehead atoms. The van der Waals surface area contributed by atoms with Crippen molar-refractivity contribution in [2.75, 3.05) is 0 Å². The second-order valence-electron chi connectivity index (χ2n) is 6.18. The molecule has 0 aliphatic heterocycles. The summed E-state index contributed by atoms with van der Waals surface area (Å²) in [5.74, 6) is 0.979. The fraction of sp³-hybridized carbons (Fsp3) is 1.00. The first-order valence-electron chi connectivity index (χ1n) is 8.48. The van der Waals surface area contributed by atoms with Crippen molar-refractivity contribution in [3.63, 3.8) is 0 Å². The van der Waals surface area contributed by atoms with Gasteiger partial charge in [0.2, 0.25) is 0 Å². The third-order valence-electron chi connectivity index (χ3n) is 4.49. The van der Waals surface area contributed by atoms with Crippen LogP contribution in [0.2, 0.25) is 0 Å². The lowest BCUT2D eigenvalue weighted by Crippen LogP contribution is -2.12. The van der Waals surface area contributed by atoms with E-state index in [0.29, 0.717) is 0 Å². The zero-order valence-corrected chi connectivity index (χ0v) is 14.0. The van der Waals surface area contributed by atoms with Crippen LogP contribution in [0.15, 0.2) is 0 Å². The third kappa shape index (κ3) is 7.81. The maximum atomic E-state index is 3.92. The van der Waals surface area contributed by atoms with Crippen LogP contribution >= 0.6 is 15.9 Å². The van der Waals surface area contributed by atoms with Crippen LogP contribution in [0.4, 0.5) is 0 Å². The summed E-state index contributed by atoms with van der Waals surface area (Å²) in [6.45, 7) is 2.30. The normalized spacial score (nSPS) is 25.0. The van der Waals surface area contributed by atoms with Gasteiger partial charge in [0.1, 0.15) is 0 Å². The molecule has 0 nitrogen and oxygen atoms in total. The van der Waals surface area contributed by atoms with Gasteiger partial charge in [0.25, 0.3) is 0 Å².